The van der Waals surface area contributed by atoms with Gasteiger partial charge in [-0.05, 0) is 18.2 Å². The Morgan fingerprint density at radius 2 is 1.59 bits per heavy atom. The van der Waals surface area contributed by atoms with E-state index in [0.29, 0.717) is 11.4 Å². The fraction of sp³-hybridized carbons (Fsp3) is 0.400. The van der Waals surface area contributed by atoms with E-state index in [-0.39, 0.29) is 32.1 Å². The zero-order chi connectivity index (χ0) is 12.8. The van der Waals surface area contributed by atoms with Crippen LogP contribution in [0.3, 0.4) is 0 Å². The van der Waals surface area contributed by atoms with Crippen LogP contribution in [0.1, 0.15) is 0 Å². The predicted molar refractivity (Wildman–Crippen MR) is 68.7 cm³/mol. The van der Waals surface area contributed by atoms with Crippen molar-refractivity contribution >= 4 is 34.9 Å². The van der Waals surface area contributed by atoms with Gasteiger partial charge in [-0.3, -0.25) is 8.84 Å². The molecule has 1 rings (SSSR count). The Labute approximate surface area is 110 Å². The molecule has 1 aromatic carbocycles. The Bertz CT molecular complexity index is 365. The average molecular weight is 281 g/mol. The largest absolute Gasteiger partial charge is 0.506 e. The summed E-state index contributed by atoms with van der Waals surface area (Å²) in [5.41, 5.74) is 0.943. The molecule has 0 aromatic heterocycles. The monoisotopic (exact) mass is 280 g/mol. The molecule has 0 radical (unpaired) electrons. The molecule has 0 unspecified atom stereocenters. The van der Waals surface area contributed by atoms with Gasteiger partial charge in [0, 0.05) is 23.6 Å². The smallest absolute Gasteiger partial charge is 0.140 e. The van der Waals surface area contributed by atoms with Gasteiger partial charge in [-0.1, -0.05) is 0 Å². The Morgan fingerprint density at radius 1 is 1.00 bits per heavy atom. The molecule has 3 N–H and O–H groups in total. The van der Waals surface area contributed by atoms with Crippen molar-refractivity contribution in [3.8, 4) is 5.75 Å². The van der Waals surface area contributed by atoms with Crippen molar-refractivity contribution in [2.45, 2.75) is 0 Å². The number of hydrogen-bond acceptors (Lipinski definition) is 5. The zero-order valence-corrected chi connectivity index (χ0v) is 10.6. The van der Waals surface area contributed by atoms with Gasteiger partial charge in [-0.15, -0.1) is 0 Å². The maximum atomic E-state index is 9.62. The van der Waals surface area contributed by atoms with Crippen LogP contribution < -0.4 is 8.84 Å². The number of phenols is 1. The molecule has 0 saturated carbocycles. The number of nitrogens with zero attached hydrogens (tertiary/aromatic N) is 2. The van der Waals surface area contributed by atoms with Crippen LogP contribution in [0.5, 0.6) is 5.75 Å². The number of halogens is 2. The van der Waals surface area contributed by atoms with Gasteiger partial charge < -0.3 is 15.3 Å². The Kier molecular flexibility index (Phi) is 5.64. The number of anilines is 2. The number of aliphatic hydroxyl groups excluding tert-OH is 2. The summed E-state index contributed by atoms with van der Waals surface area (Å²) in [7, 11) is 0. The molecule has 0 amide bonds. The maximum Gasteiger partial charge on any atom is 0.140 e. The van der Waals surface area contributed by atoms with Crippen molar-refractivity contribution in [2.24, 2.45) is 0 Å². The summed E-state index contributed by atoms with van der Waals surface area (Å²) in [5, 5.41) is 27.2. The molecule has 0 spiro atoms. The van der Waals surface area contributed by atoms with Gasteiger partial charge in [0.05, 0.1) is 37.7 Å². The third-order valence-corrected chi connectivity index (χ3v) is 2.81. The first-order chi connectivity index (χ1) is 8.10. The highest BCUT2D eigenvalue weighted by molar-refractivity contribution is 6.27. The van der Waals surface area contributed by atoms with Crippen molar-refractivity contribution in [3.05, 3.63) is 18.2 Å². The molecule has 0 aliphatic carbocycles. The number of benzene rings is 1. The normalized spacial score (nSPS) is 10.4. The summed E-state index contributed by atoms with van der Waals surface area (Å²) < 4.78 is 2.51. The van der Waals surface area contributed by atoms with E-state index in [9.17, 15) is 5.11 Å². The van der Waals surface area contributed by atoms with Gasteiger partial charge in [0.2, 0.25) is 0 Å². The number of phenolic OH excluding ortho intramolecular Hbond substituents is 1. The molecule has 0 aliphatic heterocycles. The summed E-state index contributed by atoms with van der Waals surface area (Å²) in [4.78, 5) is 0. The lowest BCUT2D eigenvalue weighted by molar-refractivity contribution is 0.307. The minimum atomic E-state index is -0.131. The van der Waals surface area contributed by atoms with E-state index >= 15 is 0 Å². The molecule has 0 aliphatic rings. The highest BCUT2D eigenvalue weighted by Crippen LogP contribution is 2.33. The quantitative estimate of drug-likeness (QED) is 0.686. The maximum absolute atomic E-state index is 9.62. The van der Waals surface area contributed by atoms with Crippen molar-refractivity contribution in [2.75, 3.05) is 35.1 Å². The van der Waals surface area contributed by atoms with E-state index in [1.165, 1.54) is 14.9 Å². The molecular formula is C10H14Cl2N2O3. The molecule has 5 nitrogen and oxygen atoms in total. The van der Waals surface area contributed by atoms with Crippen molar-refractivity contribution in [1.29, 1.82) is 0 Å². The third kappa shape index (κ3) is 3.81. The van der Waals surface area contributed by atoms with Crippen LogP contribution in [-0.2, 0) is 0 Å². The molecular weight excluding hydrogens is 267 g/mol. The lowest BCUT2D eigenvalue weighted by Gasteiger charge is -2.20. The van der Waals surface area contributed by atoms with Gasteiger partial charge in [-0.25, -0.2) is 0 Å². The van der Waals surface area contributed by atoms with E-state index in [2.05, 4.69) is 0 Å². The van der Waals surface area contributed by atoms with Crippen LogP contribution in [0, 0.1) is 0 Å². The molecule has 7 heteroatoms. The highest BCUT2D eigenvalue weighted by atomic mass is 35.5. The summed E-state index contributed by atoms with van der Waals surface area (Å²) in [5.74, 6) is -0.00809. The predicted octanol–water partition coefficient (Wildman–Crippen LogP) is 1.30. The van der Waals surface area contributed by atoms with Crippen LogP contribution in [-0.4, -0.2) is 41.6 Å². The van der Waals surface area contributed by atoms with Gasteiger partial charge >= 0.3 is 0 Å². The second-order valence-electron chi connectivity index (χ2n) is 3.29. The minimum Gasteiger partial charge on any atom is -0.506 e. The zero-order valence-electron chi connectivity index (χ0n) is 9.05. The van der Waals surface area contributed by atoms with Gasteiger partial charge in [0.1, 0.15) is 5.75 Å². The van der Waals surface area contributed by atoms with Crippen LogP contribution in [0.2, 0.25) is 0 Å². The number of aromatic hydroxyl groups is 1. The van der Waals surface area contributed by atoms with Crippen molar-refractivity contribution in [3.63, 3.8) is 0 Å². The third-order valence-electron chi connectivity index (χ3n) is 2.09. The van der Waals surface area contributed by atoms with E-state index in [0.717, 1.165) is 0 Å². The van der Waals surface area contributed by atoms with Crippen LogP contribution in [0.15, 0.2) is 18.2 Å². The minimum absolute atomic E-state index is 0.00809. The van der Waals surface area contributed by atoms with E-state index in [1.54, 1.807) is 12.1 Å². The lowest BCUT2D eigenvalue weighted by Crippen LogP contribution is -2.17. The van der Waals surface area contributed by atoms with Crippen LogP contribution in [0.25, 0.3) is 0 Å². The molecule has 0 bridgehead atoms. The SMILES string of the molecule is OCCN(Cl)c1ccc(O)c(N(Cl)CCO)c1. The Morgan fingerprint density at radius 3 is 2.18 bits per heavy atom. The second-order valence-corrected chi connectivity index (χ2v) is 4.11. The fourth-order valence-electron chi connectivity index (χ4n) is 1.28. The van der Waals surface area contributed by atoms with Crippen molar-refractivity contribution < 1.29 is 15.3 Å². The van der Waals surface area contributed by atoms with Crippen LogP contribution in [0.4, 0.5) is 11.4 Å². The van der Waals surface area contributed by atoms with Gasteiger partial charge in [-0.2, -0.15) is 0 Å². The summed E-state index contributed by atoms with van der Waals surface area (Å²) >= 11 is 11.8. The van der Waals surface area contributed by atoms with E-state index in [1.807, 2.05) is 0 Å². The summed E-state index contributed by atoms with van der Waals surface area (Å²) in [6.07, 6.45) is 0. The highest BCUT2D eigenvalue weighted by Gasteiger charge is 2.12. The number of hydrogen-bond donors (Lipinski definition) is 3. The molecule has 96 valence electrons. The Hall–Kier alpha value is -0.880. The first kappa shape index (κ1) is 14.2. The van der Waals surface area contributed by atoms with Crippen LogP contribution >= 0.6 is 23.6 Å². The van der Waals surface area contributed by atoms with Gasteiger partial charge in [0.15, 0.2) is 0 Å². The molecule has 17 heavy (non-hydrogen) atoms. The molecule has 0 fully saturated rings. The molecule has 1 aromatic rings. The molecule has 0 atom stereocenters. The fourth-order valence-corrected chi connectivity index (χ4v) is 1.67. The molecule has 0 heterocycles. The van der Waals surface area contributed by atoms with Gasteiger partial charge in [0.25, 0.3) is 0 Å². The first-order valence-electron chi connectivity index (χ1n) is 5.01. The van der Waals surface area contributed by atoms with E-state index in [4.69, 9.17) is 33.8 Å². The molecule has 0 saturated heterocycles. The summed E-state index contributed by atoms with van der Waals surface area (Å²) in [6, 6.07) is 4.62. The Balaban J connectivity index is 2.93. The summed E-state index contributed by atoms with van der Waals surface area (Å²) in [6.45, 7) is 0.226. The van der Waals surface area contributed by atoms with E-state index < -0.39 is 0 Å². The van der Waals surface area contributed by atoms with Crippen molar-refractivity contribution in [1.82, 2.24) is 0 Å². The number of rotatable bonds is 6. The lowest BCUT2D eigenvalue weighted by atomic mass is 10.2. The topological polar surface area (TPSA) is 67.2 Å². The standard InChI is InChI=1S/C10H14Cl2N2O3/c11-13(3-5-15)8-1-2-10(17)9(7-8)14(12)4-6-16/h1-2,7,15-17H,3-6H2. The average Bonchev–Trinajstić information content (AvgIpc) is 2.30. The second kappa shape index (κ2) is 6.76. The number of aliphatic hydroxyl groups is 2. The first-order valence-corrected chi connectivity index (χ1v) is 5.69.